The molecule has 0 aliphatic heterocycles. The van der Waals surface area contributed by atoms with E-state index < -0.39 is 6.04 Å². The van der Waals surface area contributed by atoms with Gasteiger partial charge in [0.1, 0.15) is 34.2 Å². The molecular formula is C22H23ClN4O3S. The van der Waals surface area contributed by atoms with Gasteiger partial charge in [0.25, 0.3) is 0 Å². The standard InChI is InChI=1S/C22H23ClN4O3S/c1-12(2)30-19-5-4-14(7-15(19)9-24)21-26-27-22(31-21)17-6-13(3)20(8-18(17)23)29-11-16(25)10-28/h4-8,12,16,28H,10-11,25H2,1-3H3. The number of rotatable bonds is 8. The van der Waals surface area contributed by atoms with Crippen molar-refractivity contribution in [2.45, 2.75) is 32.9 Å². The van der Waals surface area contributed by atoms with Gasteiger partial charge in [-0.25, -0.2) is 0 Å². The number of hydrogen-bond acceptors (Lipinski definition) is 8. The molecule has 1 unspecified atom stereocenters. The normalized spacial score (nSPS) is 11.9. The second kappa shape index (κ2) is 10.1. The molecule has 7 nitrogen and oxygen atoms in total. The smallest absolute Gasteiger partial charge is 0.149 e. The maximum absolute atomic E-state index is 9.46. The number of hydrogen-bond donors (Lipinski definition) is 2. The highest BCUT2D eigenvalue weighted by atomic mass is 35.5. The molecule has 1 atom stereocenters. The Morgan fingerprint density at radius 2 is 1.94 bits per heavy atom. The van der Waals surface area contributed by atoms with Crippen molar-refractivity contribution < 1.29 is 14.6 Å². The molecule has 0 saturated heterocycles. The molecule has 0 radical (unpaired) electrons. The number of aromatic nitrogens is 2. The number of nitrogens with zero attached hydrogens (tertiary/aromatic N) is 3. The Morgan fingerprint density at radius 1 is 1.19 bits per heavy atom. The molecule has 3 aromatic rings. The highest BCUT2D eigenvalue weighted by Crippen LogP contribution is 2.38. The summed E-state index contributed by atoms with van der Waals surface area (Å²) >= 11 is 7.85. The maximum Gasteiger partial charge on any atom is 0.149 e. The van der Waals surface area contributed by atoms with Crippen LogP contribution in [-0.4, -0.2) is 40.7 Å². The fourth-order valence-corrected chi connectivity index (χ4v) is 3.96. The van der Waals surface area contributed by atoms with E-state index in [0.29, 0.717) is 32.1 Å². The van der Waals surface area contributed by atoms with E-state index in [1.54, 1.807) is 18.2 Å². The molecule has 0 aliphatic rings. The van der Waals surface area contributed by atoms with Crippen molar-refractivity contribution in [3.8, 4) is 38.7 Å². The number of benzene rings is 2. The number of aliphatic hydroxyl groups excluding tert-OH is 1. The minimum absolute atomic E-state index is 0.0252. The molecule has 0 bridgehead atoms. The van der Waals surface area contributed by atoms with E-state index in [1.165, 1.54) is 11.3 Å². The molecule has 162 valence electrons. The van der Waals surface area contributed by atoms with E-state index in [0.717, 1.165) is 16.7 Å². The van der Waals surface area contributed by atoms with Crippen molar-refractivity contribution >= 4 is 22.9 Å². The number of nitrogens with two attached hydrogens (primary N) is 1. The second-order valence-electron chi connectivity index (χ2n) is 7.25. The molecule has 0 fully saturated rings. The summed E-state index contributed by atoms with van der Waals surface area (Å²) in [5.41, 5.74) is 8.51. The Balaban J connectivity index is 1.87. The molecule has 9 heteroatoms. The van der Waals surface area contributed by atoms with Crippen LogP contribution < -0.4 is 15.2 Å². The monoisotopic (exact) mass is 458 g/mol. The molecule has 1 aromatic heterocycles. The van der Waals surface area contributed by atoms with E-state index in [4.69, 9.17) is 31.9 Å². The van der Waals surface area contributed by atoms with E-state index in [1.807, 2.05) is 32.9 Å². The van der Waals surface area contributed by atoms with Gasteiger partial charge in [0.15, 0.2) is 0 Å². The third-order valence-corrected chi connectivity index (χ3v) is 5.64. The SMILES string of the molecule is Cc1cc(-c2nnc(-c3ccc(OC(C)C)c(C#N)c3)s2)c(Cl)cc1OCC(N)CO. The van der Waals surface area contributed by atoms with Crippen molar-refractivity contribution in [2.75, 3.05) is 13.2 Å². The van der Waals surface area contributed by atoms with Crippen LogP contribution in [0.5, 0.6) is 11.5 Å². The van der Waals surface area contributed by atoms with E-state index in [2.05, 4.69) is 16.3 Å². The summed E-state index contributed by atoms with van der Waals surface area (Å²) in [6.45, 7) is 5.75. The summed E-state index contributed by atoms with van der Waals surface area (Å²) in [6, 6.07) is 10.7. The van der Waals surface area contributed by atoms with Crippen molar-refractivity contribution in [1.29, 1.82) is 5.26 Å². The average molecular weight is 459 g/mol. The van der Waals surface area contributed by atoms with Crippen LogP contribution >= 0.6 is 22.9 Å². The third kappa shape index (κ3) is 5.51. The predicted octanol–water partition coefficient (Wildman–Crippen LogP) is 4.19. The minimum Gasteiger partial charge on any atom is -0.492 e. The largest absolute Gasteiger partial charge is 0.492 e. The minimum atomic E-state index is -0.459. The highest BCUT2D eigenvalue weighted by Gasteiger charge is 2.16. The number of halogens is 1. The lowest BCUT2D eigenvalue weighted by Crippen LogP contribution is -2.31. The van der Waals surface area contributed by atoms with Crippen molar-refractivity contribution in [2.24, 2.45) is 5.73 Å². The van der Waals surface area contributed by atoms with Crippen molar-refractivity contribution in [1.82, 2.24) is 10.2 Å². The van der Waals surface area contributed by atoms with Gasteiger partial charge in [-0.15, -0.1) is 10.2 Å². The molecule has 0 aliphatic carbocycles. The van der Waals surface area contributed by atoms with Crippen LogP contribution in [-0.2, 0) is 0 Å². The lowest BCUT2D eigenvalue weighted by atomic mass is 10.1. The molecule has 3 N–H and O–H groups in total. The van der Waals surface area contributed by atoms with Crippen molar-refractivity contribution in [3.05, 3.63) is 46.5 Å². The van der Waals surface area contributed by atoms with Crippen LogP contribution in [0.1, 0.15) is 25.0 Å². The van der Waals surface area contributed by atoms with Gasteiger partial charge in [0, 0.05) is 11.1 Å². The van der Waals surface area contributed by atoms with E-state index >= 15 is 0 Å². The number of ether oxygens (including phenoxy) is 2. The van der Waals surface area contributed by atoms with Crippen LogP contribution in [0.25, 0.3) is 21.1 Å². The number of aliphatic hydroxyl groups is 1. The summed E-state index contributed by atoms with van der Waals surface area (Å²) in [5.74, 6) is 1.14. The zero-order valence-corrected chi connectivity index (χ0v) is 19.0. The third-order valence-electron chi connectivity index (χ3n) is 4.32. The fourth-order valence-electron chi connectivity index (χ4n) is 2.79. The van der Waals surface area contributed by atoms with E-state index in [-0.39, 0.29) is 19.3 Å². The first-order chi connectivity index (χ1) is 14.8. The quantitative estimate of drug-likeness (QED) is 0.520. The van der Waals surface area contributed by atoms with Crippen LogP contribution in [0.15, 0.2) is 30.3 Å². The maximum atomic E-state index is 9.46. The number of nitriles is 1. The lowest BCUT2D eigenvalue weighted by Gasteiger charge is -2.14. The van der Waals surface area contributed by atoms with Gasteiger partial charge in [0.2, 0.25) is 0 Å². The van der Waals surface area contributed by atoms with Gasteiger partial charge < -0.3 is 20.3 Å². The summed E-state index contributed by atoms with van der Waals surface area (Å²) < 4.78 is 11.3. The van der Waals surface area contributed by atoms with Crippen LogP contribution in [0.2, 0.25) is 5.02 Å². The predicted molar refractivity (Wildman–Crippen MR) is 122 cm³/mol. The van der Waals surface area contributed by atoms with Crippen LogP contribution in [0, 0.1) is 18.3 Å². The first-order valence-corrected chi connectivity index (χ1v) is 10.9. The first kappa shape index (κ1) is 23.0. The molecule has 0 amide bonds. The van der Waals surface area contributed by atoms with E-state index in [9.17, 15) is 5.26 Å². The molecule has 31 heavy (non-hydrogen) atoms. The van der Waals surface area contributed by atoms with Gasteiger partial charge in [-0.2, -0.15) is 5.26 Å². The van der Waals surface area contributed by atoms with Gasteiger partial charge in [-0.05, 0) is 56.7 Å². The second-order valence-corrected chi connectivity index (χ2v) is 8.64. The van der Waals surface area contributed by atoms with Crippen LogP contribution in [0.4, 0.5) is 0 Å². The summed E-state index contributed by atoms with van der Waals surface area (Å²) in [7, 11) is 0. The lowest BCUT2D eigenvalue weighted by molar-refractivity contribution is 0.206. The Kier molecular flexibility index (Phi) is 7.46. The average Bonchev–Trinajstić information content (AvgIpc) is 3.23. The molecule has 3 rings (SSSR count). The topological polar surface area (TPSA) is 114 Å². The van der Waals surface area contributed by atoms with Crippen LogP contribution in [0.3, 0.4) is 0 Å². The number of aryl methyl sites for hydroxylation is 1. The molecule has 0 saturated carbocycles. The van der Waals surface area contributed by atoms with Gasteiger partial charge in [-0.3, -0.25) is 0 Å². The van der Waals surface area contributed by atoms with Gasteiger partial charge in [-0.1, -0.05) is 22.9 Å². The molecule has 1 heterocycles. The Bertz CT molecular complexity index is 1110. The van der Waals surface area contributed by atoms with Gasteiger partial charge in [0.05, 0.1) is 29.3 Å². The zero-order chi connectivity index (χ0) is 22.5. The summed E-state index contributed by atoms with van der Waals surface area (Å²) in [5, 5.41) is 28.9. The van der Waals surface area contributed by atoms with Crippen molar-refractivity contribution in [3.63, 3.8) is 0 Å². The van der Waals surface area contributed by atoms with Gasteiger partial charge >= 0.3 is 0 Å². The molecule has 0 spiro atoms. The highest BCUT2D eigenvalue weighted by molar-refractivity contribution is 7.18. The summed E-state index contributed by atoms with van der Waals surface area (Å²) in [6.07, 6.45) is -0.0252. The fraction of sp³-hybridized carbons (Fsp3) is 0.318. The molecule has 2 aromatic carbocycles. The Hall–Kier alpha value is -2.70. The first-order valence-electron chi connectivity index (χ1n) is 9.66. The Labute approximate surface area is 190 Å². The summed E-state index contributed by atoms with van der Waals surface area (Å²) in [4.78, 5) is 0. The zero-order valence-electron chi connectivity index (χ0n) is 17.4. The molecular weight excluding hydrogens is 436 g/mol. The Morgan fingerprint density at radius 3 is 2.61 bits per heavy atom.